The van der Waals surface area contributed by atoms with Gasteiger partial charge in [-0.05, 0) is 55.5 Å². The molecule has 0 spiro atoms. The van der Waals surface area contributed by atoms with Gasteiger partial charge in [-0.1, -0.05) is 24.3 Å². The third kappa shape index (κ3) is 4.70. The van der Waals surface area contributed by atoms with E-state index in [0.717, 1.165) is 29.8 Å². The average molecular weight is 381 g/mol. The zero-order valence-electron chi connectivity index (χ0n) is 16.2. The second kappa shape index (κ2) is 8.89. The van der Waals surface area contributed by atoms with Crippen LogP contribution in [0.15, 0.2) is 42.5 Å². The summed E-state index contributed by atoms with van der Waals surface area (Å²) in [5, 5.41) is 0. The largest absolute Gasteiger partial charge is 0.462 e. The zero-order valence-corrected chi connectivity index (χ0v) is 16.2. The lowest BCUT2D eigenvalue weighted by molar-refractivity contribution is 0.0502. The Morgan fingerprint density at radius 3 is 2.64 bits per heavy atom. The Hall–Kier alpha value is -2.86. The highest BCUT2D eigenvalue weighted by Gasteiger charge is 2.25. The smallest absolute Gasteiger partial charge is 0.338 e. The van der Waals surface area contributed by atoms with E-state index >= 15 is 0 Å². The summed E-state index contributed by atoms with van der Waals surface area (Å²) in [6, 6.07) is 13.0. The van der Waals surface area contributed by atoms with Crippen LogP contribution < -0.4 is 16.4 Å². The first-order chi connectivity index (χ1) is 13.5. The molecule has 1 aliphatic rings. The molecule has 0 fully saturated rings. The van der Waals surface area contributed by atoms with Crippen LogP contribution in [0.3, 0.4) is 0 Å². The van der Waals surface area contributed by atoms with Gasteiger partial charge in [-0.2, -0.15) is 0 Å². The number of primary amides is 1. The Balaban J connectivity index is 1.62. The summed E-state index contributed by atoms with van der Waals surface area (Å²) in [4.78, 5) is 26.2. The molecule has 1 aliphatic heterocycles. The van der Waals surface area contributed by atoms with Crippen LogP contribution in [-0.4, -0.2) is 37.6 Å². The van der Waals surface area contributed by atoms with Crippen LogP contribution in [0.25, 0.3) is 0 Å². The number of hydrogen-bond donors (Lipinski definition) is 2. The van der Waals surface area contributed by atoms with Crippen molar-refractivity contribution < 1.29 is 14.3 Å². The Bertz CT molecular complexity index is 850. The Morgan fingerprint density at radius 2 is 1.96 bits per heavy atom. The minimum atomic E-state index is -0.426. The van der Waals surface area contributed by atoms with Crippen LogP contribution in [0.2, 0.25) is 0 Å². The molecular formula is C22H27N3O3. The van der Waals surface area contributed by atoms with Crippen molar-refractivity contribution in [3.05, 3.63) is 64.7 Å². The number of esters is 1. The first-order valence-corrected chi connectivity index (χ1v) is 9.64. The van der Waals surface area contributed by atoms with Crippen molar-refractivity contribution >= 4 is 17.6 Å². The fraction of sp³-hybridized carbons (Fsp3) is 0.364. The molecule has 0 aromatic heterocycles. The van der Waals surface area contributed by atoms with E-state index in [0.29, 0.717) is 37.1 Å². The Labute approximate surface area is 165 Å². The number of carbonyl (C=O) groups is 2. The maximum Gasteiger partial charge on any atom is 0.338 e. The zero-order chi connectivity index (χ0) is 20.1. The van der Waals surface area contributed by atoms with Gasteiger partial charge in [0.05, 0.1) is 23.4 Å². The standard InChI is InChI=1S/C22H27N3O3/c1-15(23)12-16-13-18-8-10-25(20(18)19(14-16)21(24)26)9-5-11-28-22(27)17-6-3-2-4-7-17/h2-4,6-7,13-15H,5,8-12,23H2,1H3,(H2,24,26)/t15-/m1/s1. The van der Waals surface area contributed by atoms with Crippen LogP contribution in [0.4, 0.5) is 5.69 Å². The van der Waals surface area contributed by atoms with Crippen LogP contribution in [0, 0.1) is 0 Å². The van der Waals surface area contributed by atoms with E-state index in [4.69, 9.17) is 16.2 Å². The fourth-order valence-corrected chi connectivity index (χ4v) is 3.67. The highest BCUT2D eigenvalue weighted by molar-refractivity contribution is 6.00. The minimum absolute atomic E-state index is 0.0237. The molecule has 0 radical (unpaired) electrons. The van der Waals surface area contributed by atoms with Crippen LogP contribution in [0.1, 0.15) is 45.2 Å². The van der Waals surface area contributed by atoms with Crippen molar-refractivity contribution in [3.8, 4) is 0 Å². The molecule has 28 heavy (non-hydrogen) atoms. The van der Waals surface area contributed by atoms with Crippen molar-refractivity contribution in [2.45, 2.75) is 32.2 Å². The minimum Gasteiger partial charge on any atom is -0.462 e. The Kier molecular flexibility index (Phi) is 6.31. The van der Waals surface area contributed by atoms with Gasteiger partial charge in [0.1, 0.15) is 0 Å². The van der Waals surface area contributed by atoms with Crippen molar-refractivity contribution in [3.63, 3.8) is 0 Å². The number of carbonyl (C=O) groups excluding carboxylic acids is 2. The second-order valence-electron chi connectivity index (χ2n) is 7.29. The van der Waals surface area contributed by atoms with Gasteiger partial charge < -0.3 is 21.1 Å². The van der Waals surface area contributed by atoms with Crippen molar-refractivity contribution in [2.24, 2.45) is 11.5 Å². The SMILES string of the molecule is C[C@@H](N)Cc1cc2c(c(C(N)=O)c1)N(CCCOC(=O)c1ccccc1)CC2. The predicted octanol–water partition coefficient (Wildman–Crippen LogP) is 2.28. The van der Waals surface area contributed by atoms with Gasteiger partial charge in [0.15, 0.2) is 0 Å². The third-order valence-corrected chi connectivity index (χ3v) is 4.85. The Morgan fingerprint density at radius 1 is 1.21 bits per heavy atom. The molecule has 4 N–H and O–H groups in total. The molecule has 1 heterocycles. The van der Waals surface area contributed by atoms with Crippen molar-refractivity contribution in [1.29, 1.82) is 0 Å². The highest BCUT2D eigenvalue weighted by Crippen LogP contribution is 2.33. The van der Waals surface area contributed by atoms with Crippen LogP contribution >= 0.6 is 0 Å². The number of ether oxygens (including phenoxy) is 1. The molecule has 1 amide bonds. The summed E-state index contributed by atoms with van der Waals surface area (Å²) in [5.74, 6) is -0.744. The summed E-state index contributed by atoms with van der Waals surface area (Å²) in [7, 11) is 0. The number of nitrogens with two attached hydrogens (primary N) is 2. The second-order valence-corrected chi connectivity index (χ2v) is 7.29. The monoisotopic (exact) mass is 381 g/mol. The van der Waals surface area contributed by atoms with Gasteiger partial charge in [-0.25, -0.2) is 4.79 Å². The average Bonchev–Trinajstić information content (AvgIpc) is 3.07. The number of rotatable bonds is 8. The molecule has 2 aromatic carbocycles. The van der Waals surface area contributed by atoms with Gasteiger partial charge in [0.2, 0.25) is 0 Å². The van der Waals surface area contributed by atoms with Crippen LogP contribution in [-0.2, 0) is 17.6 Å². The van der Waals surface area contributed by atoms with E-state index in [1.54, 1.807) is 12.1 Å². The molecule has 148 valence electrons. The molecule has 6 nitrogen and oxygen atoms in total. The van der Waals surface area contributed by atoms with Gasteiger partial charge in [0, 0.05) is 19.1 Å². The molecular weight excluding hydrogens is 354 g/mol. The lowest BCUT2D eigenvalue weighted by atomic mass is 9.98. The summed E-state index contributed by atoms with van der Waals surface area (Å²) in [5.41, 5.74) is 15.7. The number of fused-ring (bicyclic) bond motifs is 1. The van der Waals surface area contributed by atoms with Crippen molar-refractivity contribution in [1.82, 2.24) is 0 Å². The topological polar surface area (TPSA) is 98.7 Å². The number of hydrogen-bond acceptors (Lipinski definition) is 5. The summed E-state index contributed by atoms with van der Waals surface area (Å²) >= 11 is 0. The molecule has 6 heteroatoms. The number of benzene rings is 2. The van der Waals surface area contributed by atoms with E-state index in [-0.39, 0.29) is 12.0 Å². The molecule has 2 aromatic rings. The quantitative estimate of drug-likeness (QED) is 0.540. The van der Waals surface area contributed by atoms with E-state index < -0.39 is 5.91 Å². The summed E-state index contributed by atoms with van der Waals surface area (Å²) < 4.78 is 5.35. The van der Waals surface area contributed by atoms with E-state index in [1.165, 1.54) is 0 Å². The van der Waals surface area contributed by atoms with Gasteiger partial charge >= 0.3 is 5.97 Å². The van der Waals surface area contributed by atoms with Gasteiger partial charge in [-0.3, -0.25) is 4.79 Å². The third-order valence-electron chi connectivity index (χ3n) is 4.85. The first kappa shape index (κ1) is 19.9. The van der Waals surface area contributed by atoms with Gasteiger partial charge in [0.25, 0.3) is 5.91 Å². The first-order valence-electron chi connectivity index (χ1n) is 9.64. The molecule has 3 rings (SSSR count). The van der Waals surface area contributed by atoms with Crippen molar-refractivity contribution in [2.75, 3.05) is 24.6 Å². The molecule has 0 bridgehead atoms. The molecule has 0 saturated heterocycles. The normalized spacial score (nSPS) is 13.9. The molecule has 1 atom stereocenters. The summed E-state index contributed by atoms with van der Waals surface area (Å²) in [6.45, 7) is 3.79. The predicted molar refractivity (Wildman–Crippen MR) is 110 cm³/mol. The lowest BCUT2D eigenvalue weighted by Crippen LogP contribution is -2.26. The maximum atomic E-state index is 12.0. The number of amides is 1. The van der Waals surface area contributed by atoms with E-state index in [9.17, 15) is 9.59 Å². The number of anilines is 1. The van der Waals surface area contributed by atoms with Crippen LogP contribution in [0.5, 0.6) is 0 Å². The van der Waals surface area contributed by atoms with Gasteiger partial charge in [-0.15, -0.1) is 0 Å². The highest BCUT2D eigenvalue weighted by atomic mass is 16.5. The maximum absolute atomic E-state index is 12.0. The number of nitrogens with zero attached hydrogens (tertiary/aromatic N) is 1. The fourth-order valence-electron chi connectivity index (χ4n) is 3.67. The molecule has 0 saturated carbocycles. The summed E-state index contributed by atoms with van der Waals surface area (Å²) in [6.07, 6.45) is 2.26. The molecule has 0 aliphatic carbocycles. The molecule has 0 unspecified atom stereocenters. The lowest BCUT2D eigenvalue weighted by Gasteiger charge is -2.22. The van der Waals surface area contributed by atoms with E-state index in [2.05, 4.69) is 11.0 Å². The van der Waals surface area contributed by atoms with E-state index in [1.807, 2.05) is 31.2 Å².